The van der Waals surface area contributed by atoms with E-state index in [9.17, 15) is 0 Å². The van der Waals surface area contributed by atoms with Crippen molar-refractivity contribution in [2.75, 3.05) is 23.8 Å². The number of nitrogen functional groups attached to an aromatic ring is 1. The minimum Gasteiger partial charge on any atom is -0.397 e. The van der Waals surface area contributed by atoms with E-state index in [0.717, 1.165) is 29.5 Å². The first-order valence-corrected chi connectivity index (χ1v) is 5.89. The molecule has 16 heavy (non-hydrogen) atoms. The molecule has 2 N–H and O–H groups in total. The summed E-state index contributed by atoms with van der Waals surface area (Å²) in [5.74, 6) is 0. The molecule has 88 valence electrons. The maximum absolute atomic E-state index is 6.01. The van der Waals surface area contributed by atoms with Gasteiger partial charge in [0.15, 0.2) is 0 Å². The number of halogens is 1. The normalized spacial score (nSPS) is 25.8. The summed E-state index contributed by atoms with van der Waals surface area (Å²) in [4.78, 5) is 2.26. The maximum Gasteiger partial charge on any atom is 0.0723 e. The fourth-order valence-electron chi connectivity index (χ4n) is 2.00. The molecule has 1 aromatic carbocycles. The summed E-state index contributed by atoms with van der Waals surface area (Å²) in [5, 5.41) is 0.718. The molecule has 0 bridgehead atoms. The fraction of sp³-hybridized carbons (Fsp3) is 0.500. The van der Waals surface area contributed by atoms with Crippen molar-refractivity contribution in [3.8, 4) is 0 Å². The standard InChI is InChI=1S/C12H17ClN2O/c1-8-7-16-9(2)6-15(8)12-5-10(13)3-4-11(12)14/h3-5,8-9H,6-7,14H2,1-2H3. The van der Waals surface area contributed by atoms with Crippen molar-refractivity contribution in [2.45, 2.75) is 26.0 Å². The third-order valence-electron chi connectivity index (χ3n) is 2.91. The molecule has 1 aliphatic heterocycles. The van der Waals surface area contributed by atoms with Crippen molar-refractivity contribution in [3.63, 3.8) is 0 Å². The zero-order chi connectivity index (χ0) is 11.7. The first-order valence-electron chi connectivity index (χ1n) is 5.51. The van der Waals surface area contributed by atoms with Gasteiger partial charge in [-0.25, -0.2) is 0 Å². The van der Waals surface area contributed by atoms with E-state index in [4.69, 9.17) is 22.1 Å². The second kappa shape index (κ2) is 4.52. The number of morpholine rings is 1. The summed E-state index contributed by atoms with van der Waals surface area (Å²) in [5.41, 5.74) is 7.77. The molecular weight excluding hydrogens is 224 g/mol. The molecule has 1 aromatic rings. The predicted octanol–water partition coefficient (Wildman–Crippen LogP) is 2.54. The highest BCUT2D eigenvalue weighted by atomic mass is 35.5. The van der Waals surface area contributed by atoms with E-state index in [1.165, 1.54) is 0 Å². The smallest absolute Gasteiger partial charge is 0.0723 e. The van der Waals surface area contributed by atoms with Crippen molar-refractivity contribution in [3.05, 3.63) is 23.2 Å². The molecule has 1 saturated heterocycles. The van der Waals surface area contributed by atoms with Crippen LogP contribution in [0.15, 0.2) is 18.2 Å². The van der Waals surface area contributed by atoms with Crippen LogP contribution in [0.2, 0.25) is 5.02 Å². The number of nitrogens with zero attached hydrogens (tertiary/aromatic N) is 1. The van der Waals surface area contributed by atoms with Crippen molar-refractivity contribution in [2.24, 2.45) is 0 Å². The quantitative estimate of drug-likeness (QED) is 0.767. The summed E-state index contributed by atoms with van der Waals surface area (Å²) in [6.07, 6.45) is 0.231. The molecule has 1 heterocycles. The molecule has 1 fully saturated rings. The first-order chi connectivity index (χ1) is 7.58. The van der Waals surface area contributed by atoms with E-state index in [0.29, 0.717) is 6.04 Å². The van der Waals surface area contributed by atoms with Crippen molar-refractivity contribution >= 4 is 23.0 Å². The molecule has 2 unspecified atom stereocenters. The van der Waals surface area contributed by atoms with Crippen LogP contribution in [-0.4, -0.2) is 25.3 Å². The molecule has 0 spiro atoms. The third kappa shape index (κ3) is 2.25. The van der Waals surface area contributed by atoms with Crippen LogP contribution in [0.3, 0.4) is 0 Å². The van der Waals surface area contributed by atoms with Crippen molar-refractivity contribution in [1.29, 1.82) is 0 Å². The molecule has 0 saturated carbocycles. The van der Waals surface area contributed by atoms with E-state index < -0.39 is 0 Å². The highest BCUT2D eigenvalue weighted by molar-refractivity contribution is 6.31. The fourth-order valence-corrected chi connectivity index (χ4v) is 2.17. The number of hydrogen-bond donors (Lipinski definition) is 1. The average Bonchev–Trinajstić information content (AvgIpc) is 2.25. The minimum absolute atomic E-state index is 0.231. The van der Waals surface area contributed by atoms with Gasteiger partial charge in [-0.15, -0.1) is 0 Å². The Hall–Kier alpha value is -0.930. The van der Waals surface area contributed by atoms with E-state index in [2.05, 4.69) is 18.7 Å². The number of hydrogen-bond acceptors (Lipinski definition) is 3. The van der Waals surface area contributed by atoms with E-state index >= 15 is 0 Å². The number of rotatable bonds is 1. The highest BCUT2D eigenvalue weighted by Gasteiger charge is 2.24. The number of nitrogens with two attached hydrogens (primary N) is 1. The Labute approximate surface area is 101 Å². The van der Waals surface area contributed by atoms with E-state index in [1.54, 1.807) is 0 Å². The van der Waals surface area contributed by atoms with Gasteiger partial charge >= 0.3 is 0 Å². The Balaban J connectivity index is 2.30. The van der Waals surface area contributed by atoms with Crippen LogP contribution in [0.5, 0.6) is 0 Å². The van der Waals surface area contributed by atoms with Gasteiger partial charge in [-0.1, -0.05) is 11.6 Å². The van der Waals surface area contributed by atoms with Crippen LogP contribution >= 0.6 is 11.6 Å². The molecular formula is C12H17ClN2O. The molecule has 1 aliphatic rings. The Bertz CT molecular complexity index is 383. The van der Waals surface area contributed by atoms with Crippen LogP contribution in [-0.2, 0) is 4.74 Å². The van der Waals surface area contributed by atoms with Crippen LogP contribution in [0.4, 0.5) is 11.4 Å². The van der Waals surface area contributed by atoms with Crippen LogP contribution in [0.25, 0.3) is 0 Å². The second-order valence-electron chi connectivity index (χ2n) is 4.35. The zero-order valence-corrected chi connectivity index (χ0v) is 10.4. The Morgan fingerprint density at radius 3 is 2.94 bits per heavy atom. The second-order valence-corrected chi connectivity index (χ2v) is 4.78. The lowest BCUT2D eigenvalue weighted by molar-refractivity contribution is 0.0344. The minimum atomic E-state index is 0.231. The Morgan fingerprint density at radius 1 is 1.44 bits per heavy atom. The van der Waals surface area contributed by atoms with Gasteiger partial charge in [0.1, 0.15) is 0 Å². The topological polar surface area (TPSA) is 38.5 Å². The zero-order valence-electron chi connectivity index (χ0n) is 9.61. The van der Waals surface area contributed by atoms with Gasteiger partial charge in [-0.3, -0.25) is 0 Å². The molecule has 2 atom stereocenters. The summed E-state index contributed by atoms with van der Waals surface area (Å²) in [6, 6.07) is 5.92. The van der Waals surface area contributed by atoms with Gasteiger partial charge in [0.2, 0.25) is 0 Å². The Kier molecular flexibility index (Phi) is 3.26. The van der Waals surface area contributed by atoms with Crippen LogP contribution in [0, 0.1) is 0 Å². The molecule has 0 amide bonds. The molecule has 4 heteroatoms. The molecule has 0 aliphatic carbocycles. The summed E-state index contributed by atoms with van der Waals surface area (Å²) < 4.78 is 5.60. The monoisotopic (exact) mass is 240 g/mol. The lowest BCUT2D eigenvalue weighted by Gasteiger charge is -2.39. The van der Waals surface area contributed by atoms with Crippen LogP contribution in [0.1, 0.15) is 13.8 Å². The largest absolute Gasteiger partial charge is 0.397 e. The van der Waals surface area contributed by atoms with Gasteiger partial charge in [0, 0.05) is 17.6 Å². The molecule has 3 nitrogen and oxygen atoms in total. The molecule has 0 radical (unpaired) electrons. The SMILES string of the molecule is CC1CN(c2cc(Cl)ccc2N)C(C)CO1. The number of benzene rings is 1. The first kappa shape index (κ1) is 11.6. The van der Waals surface area contributed by atoms with E-state index in [-0.39, 0.29) is 6.10 Å². The van der Waals surface area contributed by atoms with Gasteiger partial charge in [0.25, 0.3) is 0 Å². The summed E-state index contributed by atoms with van der Waals surface area (Å²) in [7, 11) is 0. The van der Waals surface area contributed by atoms with E-state index in [1.807, 2.05) is 18.2 Å². The third-order valence-corrected chi connectivity index (χ3v) is 3.14. The van der Waals surface area contributed by atoms with Gasteiger partial charge < -0.3 is 15.4 Å². The number of ether oxygens (including phenoxy) is 1. The van der Waals surface area contributed by atoms with Gasteiger partial charge in [-0.2, -0.15) is 0 Å². The van der Waals surface area contributed by atoms with Crippen LogP contribution < -0.4 is 10.6 Å². The highest BCUT2D eigenvalue weighted by Crippen LogP contribution is 2.30. The molecule has 0 aromatic heterocycles. The predicted molar refractivity (Wildman–Crippen MR) is 68.1 cm³/mol. The molecule has 2 rings (SSSR count). The summed E-state index contributed by atoms with van der Waals surface area (Å²) >= 11 is 6.01. The van der Waals surface area contributed by atoms with Gasteiger partial charge in [-0.05, 0) is 32.0 Å². The Morgan fingerprint density at radius 2 is 2.19 bits per heavy atom. The average molecular weight is 241 g/mol. The van der Waals surface area contributed by atoms with Gasteiger partial charge in [0.05, 0.1) is 24.1 Å². The lowest BCUT2D eigenvalue weighted by atomic mass is 10.1. The summed E-state index contributed by atoms with van der Waals surface area (Å²) in [6.45, 7) is 5.78. The van der Waals surface area contributed by atoms with Crippen molar-refractivity contribution < 1.29 is 4.74 Å². The number of anilines is 2. The lowest BCUT2D eigenvalue weighted by Crippen LogP contribution is -2.47. The maximum atomic E-state index is 6.01. The van der Waals surface area contributed by atoms with Crippen molar-refractivity contribution in [1.82, 2.24) is 0 Å².